The Morgan fingerprint density at radius 1 is 0.189 bits per heavy atom. The molecule has 0 bridgehead atoms. The minimum absolute atomic E-state index is 0.540. The Balaban J connectivity index is 1.38. The normalized spacial score (nSPS) is 11.3. The van der Waals surface area contributed by atoms with Gasteiger partial charge in [0, 0.05) is 0 Å². The van der Waals surface area contributed by atoms with Crippen molar-refractivity contribution in [1.82, 2.24) is 0 Å². The lowest BCUT2D eigenvalue weighted by molar-refractivity contribution is 0.262. The summed E-state index contributed by atoms with van der Waals surface area (Å²) in [7, 11) is 0. The largest absolute Gasteiger partial charge is 0.492 e. The van der Waals surface area contributed by atoms with Gasteiger partial charge in [0.15, 0.2) is 46.0 Å². The standard InChI is InChI=1S/C80H102O10/c1-11-21-35-81-71-47-61-59(63-49-73(83-37-23-13-3)77(87-41-27-17-7)53-67(63)69-55-79(89-43-29-19-9)75(51-65(61)69)85-39-25-15-5)45-57(71)33-31-32-34-58-46-60-62(48-72(58)82-36-22-12-2)66-52-76(86-40-26-16-6)80(90-44-30-20-10)56-70(66)68-54-78(88-42-28-18-8)74(50-64(60)68)84-38-24-14-4/h45-56H,11-30,35-44H2,1-10H3. The zero-order valence-electron chi connectivity index (χ0n) is 56.2. The van der Waals surface area contributed by atoms with Gasteiger partial charge < -0.3 is 47.4 Å². The molecule has 0 aliphatic heterocycles. The Labute approximate surface area is 538 Å². The highest BCUT2D eigenvalue weighted by Gasteiger charge is 2.23. The fourth-order valence-electron chi connectivity index (χ4n) is 10.9. The summed E-state index contributed by atoms with van der Waals surface area (Å²) in [4.78, 5) is 0. The van der Waals surface area contributed by atoms with Gasteiger partial charge >= 0.3 is 0 Å². The third-order valence-electron chi connectivity index (χ3n) is 16.3. The minimum atomic E-state index is 0.540. The first-order valence-electron chi connectivity index (χ1n) is 34.7. The van der Waals surface area contributed by atoms with E-state index in [9.17, 15) is 0 Å². The predicted octanol–water partition coefficient (Wildman–Crippen LogP) is 21.8. The van der Waals surface area contributed by atoms with Gasteiger partial charge in [-0.3, -0.25) is 0 Å². The Morgan fingerprint density at radius 3 is 0.478 bits per heavy atom. The van der Waals surface area contributed by atoms with Crippen molar-refractivity contribution in [2.24, 2.45) is 0 Å². The maximum Gasteiger partial charge on any atom is 0.161 e. The fourth-order valence-corrected chi connectivity index (χ4v) is 10.9. The predicted molar refractivity (Wildman–Crippen MR) is 376 cm³/mol. The summed E-state index contributed by atoms with van der Waals surface area (Å²) in [5.41, 5.74) is 1.48. The van der Waals surface area contributed by atoms with Crippen molar-refractivity contribution >= 4 is 64.6 Å². The van der Waals surface area contributed by atoms with E-state index in [0.29, 0.717) is 77.6 Å². The van der Waals surface area contributed by atoms with Gasteiger partial charge in [0.2, 0.25) is 0 Å². The molecule has 0 aromatic heterocycles. The number of hydrogen-bond donors (Lipinski definition) is 0. The van der Waals surface area contributed by atoms with Crippen molar-refractivity contribution < 1.29 is 47.4 Å². The number of ether oxygens (including phenoxy) is 10. The van der Waals surface area contributed by atoms with Crippen LogP contribution in [0.1, 0.15) is 209 Å². The molecule has 10 nitrogen and oxygen atoms in total. The monoisotopic (exact) mass is 1220 g/mol. The summed E-state index contributed by atoms with van der Waals surface area (Å²) in [5, 5.41) is 12.3. The molecule has 0 saturated carbocycles. The van der Waals surface area contributed by atoms with Crippen LogP contribution in [-0.2, 0) is 0 Å². The van der Waals surface area contributed by atoms with Crippen molar-refractivity contribution in [1.29, 1.82) is 0 Å². The molecule has 10 heteroatoms. The first-order chi connectivity index (χ1) is 44.3. The average molecular weight is 1220 g/mol. The van der Waals surface area contributed by atoms with Crippen LogP contribution >= 0.6 is 0 Å². The number of fused-ring (bicyclic) bond motifs is 12. The van der Waals surface area contributed by atoms with Crippen molar-refractivity contribution in [3.8, 4) is 81.2 Å². The SMILES string of the molecule is CCCCOc1cc2c(cc1C#CC#Cc1cc3c(cc1OCCCC)c1cc(OCCCC)c(OCCCC)cc1c1cc(OCCCC)c(OCCCC)cc31)c1cc(OCCCC)c(OCCCC)cc1c1cc(OCCCC)c(OCCCC)cc21. The molecule has 0 fully saturated rings. The molecule has 0 aliphatic rings. The highest BCUT2D eigenvalue weighted by atomic mass is 16.5. The quantitative estimate of drug-likeness (QED) is 0.0210. The van der Waals surface area contributed by atoms with Gasteiger partial charge in [-0.15, -0.1) is 0 Å². The summed E-state index contributed by atoms with van der Waals surface area (Å²) in [6, 6.07) is 26.0. The van der Waals surface area contributed by atoms with Crippen LogP contribution < -0.4 is 47.4 Å². The second-order valence-corrected chi connectivity index (χ2v) is 23.7. The topological polar surface area (TPSA) is 92.3 Å². The lowest BCUT2D eigenvalue weighted by Crippen LogP contribution is -2.04. The van der Waals surface area contributed by atoms with Gasteiger partial charge in [0.05, 0.1) is 77.2 Å². The zero-order chi connectivity index (χ0) is 63.5. The average Bonchev–Trinajstić information content (AvgIpc) is 0.762. The summed E-state index contributed by atoms with van der Waals surface area (Å²) in [6.45, 7) is 27.6. The lowest BCUT2D eigenvalue weighted by atomic mass is 9.92. The smallest absolute Gasteiger partial charge is 0.161 e. The van der Waals surface area contributed by atoms with Crippen molar-refractivity contribution in [2.45, 2.75) is 198 Å². The van der Waals surface area contributed by atoms with Gasteiger partial charge in [-0.2, -0.15) is 0 Å². The Kier molecular flexibility index (Phi) is 27.6. The molecule has 90 heavy (non-hydrogen) atoms. The van der Waals surface area contributed by atoms with Crippen LogP contribution in [0.3, 0.4) is 0 Å². The highest BCUT2D eigenvalue weighted by Crippen LogP contribution is 2.48. The molecule has 0 N–H and O–H groups in total. The summed E-state index contributed by atoms with van der Waals surface area (Å²) in [6.07, 6.45) is 19.4. The lowest BCUT2D eigenvalue weighted by Gasteiger charge is -2.20. The summed E-state index contributed by atoms with van der Waals surface area (Å²) >= 11 is 0. The van der Waals surface area contributed by atoms with Crippen molar-refractivity contribution in [3.05, 3.63) is 83.9 Å². The third-order valence-corrected chi connectivity index (χ3v) is 16.3. The van der Waals surface area contributed by atoms with Crippen LogP contribution in [0.2, 0.25) is 0 Å². The summed E-state index contributed by atoms with van der Waals surface area (Å²) < 4.78 is 66.3. The second kappa shape index (κ2) is 36.3. The highest BCUT2D eigenvalue weighted by molar-refractivity contribution is 6.28. The maximum atomic E-state index is 6.76. The first-order valence-corrected chi connectivity index (χ1v) is 34.7. The molecule has 0 saturated heterocycles. The van der Waals surface area contributed by atoms with Gasteiger partial charge in [-0.25, -0.2) is 0 Å². The van der Waals surface area contributed by atoms with E-state index in [4.69, 9.17) is 47.4 Å². The van der Waals surface area contributed by atoms with E-state index in [2.05, 4.69) is 166 Å². The van der Waals surface area contributed by atoms with E-state index in [0.717, 1.165) is 250 Å². The molecule has 8 rings (SSSR count). The van der Waals surface area contributed by atoms with Crippen LogP contribution in [0.4, 0.5) is 0 Å². The van der Waals surface area contributed by atoms with Gasteiger partial charge in [0.25, 0.3) is 0 Å². The van der Waals surface area contributed by atoms with E-state index in [1.54, 1.807) is 0 Å². The molecule has 0 heterocycles. The van der Waals surface area contributed by atoms with Gasteiger partial charge in [-0.05, 0) is 225 Å². The maximum absolute atomic E-state index is 6.76. The molecule has 0 spiro atoms. The molecule has 8 aromatic rings. The molecule has 8 aromatic carbocycles. The molecular formula is C80H102O10. The fraction of sp³-hybridized carbons (Fsp3) is 0.500. The van der Waals surface area contributed by atoms with Crippen LogP contribution in [0.5, 0.6) is 57.5 Å². The molecule has 0 amide bonds. The van der Waals surface area contributed by atoms with Gasteiger partial charge in [0.1, 0.15) is 11.5 Å². The van der Waals surface area contributed by atoms with Crippen LogP contribution in [0.15, 0.2) is 72.8 Å². The number of unbranched alkanes of at least 4 members (excludes halogenated alkanes) is 10. The Hall–Kier alpha value is -7.56. The Morgan fingerprint density at radius 2 is 0.322 bits per heavy atom. The van der Waals surface area contributed by atoms with Gasteiger partial charge in [-0.1, -0.05) is 133 Å². The zero-order valence-corrected chi connectivity index (χ0v) is 56.2. The number of rotatable bonds is 40. The van der Waals surface area contributed by atoms with Crippen LogP contribution in [-0.4, -0.2) is 66.1 Å². The van der Waals surface area contributed by atoms with E-state index in [1.165, 1.54) is 0 Å². The van der Waals surface area contributed by atoms with Crippen LogP contribution in [0.25, 0.3) is 64.6 Å². The summed E-state index contributed by atoms with van der Waals surface area (Å²) in [5.74, 6) is 21.0. The molecule has 482 valence electrons. The molecule has 0 aliphatic carbocycles. The van der Waals surface area contributed by atoms with Crippen molar-refractivity contribution in [3.63, 3.8) is 0 Å². The Bertz CT molecular complexity index is 3410. The first kappa shape index (κ1) is 68.4. The number of benzene rings is 8. The molecular weight excluding hydrogens is 1120 g/mol. The minimum Gasteiger partial charge on any atom is -0.492 e. The molecule has 0 atom stereocenters. The molecule has 0 unspecified atom stereocenters. The van der Waals surface area contributed by atoms with E-state index in [1.807, 2.05) is 0 Å². The number of hydrogen-bond acceptors (Lipinski definition) is 10. The van der Waals surface area contributed by atoms with E-state index < -0.39 is 0 Å². The molecule has 0 radical (unpaired) electrons. The van der Waals surface area contributed by atoms with E-state index >= 15 is 0 Å². The van der Waals surface area contributed by atoms with Crippen molar-refractivity contribution in [2.75, 3.05) is 66.1 Å². The van der Waals surface area contributed by atoms with E-state index in [-0.39, 0.29) is 0 Å². The second-order valence-electron chi connectivity index (χ2n) is 23.7. The third kappa shape index (κ3) is 17.7. The van der Waals surface area contributed by atoms with Crippen LogP contribution in [0, 0.1) is 23.7 Å².